The Balaban J connectivity index is 2.03. The van der Waals surface area contributed by atoms with Gasteiger partial charge in [0.25, 0.3) is 5.91 Å². The van der Waals surface area contributed by atoms with Crippen LogP contribution in [0.15, 0.2) is 59.5 Å². The molecule has 0 saturated carbocycles. The Morgan fingerprint density at radius 2 is 1.74 bits per heavy atom. The Morgan fingerprint density at radius 3 is 2.30 bits per heavy atom. The molecule has 0 aromatic heterocycles. The zero-order chi connectivity index (χ0) is 19.9. The predicted molar refractivity (Wildman–Crippen MR) is 97.4 cm³/mol. The minimum Gasteiger partial charge on any atom is -0.452 e. The molecule has 0 saturated heterocycles. The van der Waals surface area contributed by atoms with Crippen LogP contribution in [0.4, 0.5) is 5.69 Å². The fourth-order valence-electron chi connectivity index (χ4n) is 2.18. The lowest BCUT2D eigenvalue weighted by molar-refractivity contribution is -0.121. The smallest absolute Gasteiger partial charge is 0.338 e. The maximum Gasteiger partial charge on any atom is 0.338 e. The lowest BCUT2D eigenvalue weighted by Crippen LogP contribution is -2.35. The lowest BCUT2D eigenvalue weighted by atomic mass is 10.2. The van der Waals surface area contributed by atoms with Crippen molar-refractivity contribution in [3.05, 3.63) is 60.2 Å². The Hall–Kier alpha value is -3.22. The van der Waals surface area contributed by atoms with Crippen LogP contribution in [-0.4, -0.2) is 40.5 Å². The molecule has 0 radical (unpaired) electrons. The first-order chi connectivity index (χ1) is 12.9. The van der Waals surface area contributed by atoms with Gasteiger partial charge in [-0.1, -0.05) is 18.2 Å². The lowest BCUT2D eigenvalue weighted by Gasteiger charge is -2.19. The molecule has 0 bridgehead atoms. The third-order valence-electron chi connectivity index (χ3n) is 3.59. The van der Waals surface area contributed by atoms with Gasteiger partial charge in [-0.3, -0.25) is 9.69 Å². The van der Waals surface area contributed by atoms with E-state index in [2.05, 4.69) is 4.72 Å². The zero-order valence-corrected chi connectivity index (χ0v) is 15.3. The summed E-state index contributed by atoms with van der Waals surface area (Å²) in [5.41, 5.74) is 0.617. The summed E-state index contributed by atoms with van der Waals surface area (Å²) in [6.07, 6.45) is 0. The maximum atomic E-state index is 12.3. The van der Waals surface area contributed by atoms with E-state index in [1.54, 1.807) is 30.3 Å². The number of sulfonamides is 1. The summed E-state index contributed by atoms with van der Waals surface area (Å²) in [5.74, 6) is -1.33. The number of amides is 1. The molecule has 9 heteroatoms. The zero-order valence-electron chi connectivity index (χ0n) is 14.5. The monoisotopic (exact) mass is 387 g/mol. The average molecular weight is 387 g/mol. The van der Waals surface area contributed by atoms with Gasteiger partial charge in [0, 0.05) is 5.69 Å². The molecule has 2 aromatic rings. The Kier molecular flexibility index (Phi) is 6.65. The van der Waals surface area contributed by atoms with Gasteiger partial charge in [-0.05, 0) is 43.4 Å². The molecule has 0 aliphatic carbocycles. The summed E-state index contributed by atoms with van der Waals surface area (Å²) in [6, 6.07) is 15.5. The SMILES string of the molecule is CNS(=O)(=O)c1ccc(C(=O)OCC(=O)N(CC#N)c2ccccc2)cc1. The Labute approximate surface area is 157 Å². The van der Waals surface area contributed by atoms with Crippen molar-refractivity contribution in [3.63, 3.8) is 0 Å². The minimum atomic E-state index is -3.61. The number of ether oxygens (including phenoxy) is 1. The number of carbonyl (C=O) groups excluding carboxylic acids is 2. The van der Waals surface area contributed by atoms with Gasteiger partial charge in [0.15, 0.2) is 6.61 Å². The van der Waals surface area contributed by atoms with Crippen molar-refractivity contribution in [2.24, 2.45) is 0 Å². The normalized spacial score (nSPS) is 10.7. The summed E-state index contributed by atoms with van der Waals surface area (Å²) in [7, 11) is -2.33. The number of nitrogens with zero attached hydrogens (tertiary/aromatic N) is 2. The van der Waals surface area contributed by atoms with Gasteiger partial charge in [0.2, 0.25) is 10.0 Å². The van der Waals surface area contributed by atoms with E-state index >= 15 is 0 Å². The first-order valence-corrected chi connectivity index (χ1v) is 9.30. The Morgan fingerprint density at radius 1 is 1.11 bits per heavy atom. The predicted octanol–water partition coefficient (Wildman–Crippen LogP) is 1.31. The highest BCUT2D eigenvalue weighted by molar-refractivity contribution is 7.89. The van der Waals surface area contributed by atoms with Crippen LogP contribution in [0, 0.1) is 11.3 Å². The van der Waals surface area contributed by atoms with Crippen molar-refractivity contribution in [2.75, 3.05) is 25.1 Å². The summed E-state index contributed by atoms with van der Waals surface area (Å²) >= 11 is 0. The van der Waals surface area contributed by atoms with E-state index in [-0.39, 0.29) is 17.0 Å². The number of rotatable bonds is 7. The molecule has 0 aliphatic rings. The highest BCUT2D eigenvalue weighted by Gasteiger charge is 2.18. The van der Waals surface area contributed by atoms with E-state index in [0.717, 1.165) is 0 Å². The first kappa shape index (κ1) is 20.1. The molecule has 1 amide bonds. The van der Waals surface area contributed by atoms with Crippen molar-refractivity contribution < 1.29 is 22.7 Å². The van der Waals surface area contributed by atoms with Gasteiger partial charge in [0.1, 0.15) is 6.54 Å². The highest BCUT2D eigenvalue weighted by atomic mass is 32.2. The van der Waals surface area contributed by atoms with E-state index in [9.17, 15) is 18.0 Å². The van der Waals surface area contributed by atoms with Crippen molar-refractivity contribution >= 4 is 27.6 Å². The molecule has 2 rings (SSSR count). The quantitative estimate of drug-likeness (QED) is 0.565. The second kappa shape index (κ2) is 8.93. The van der Waals surface area contributed by atoms with E-state index in [0.29, 0.717) is 5.69 Å². The fraction of sp³-hybridized carbons (Fsp3) is 0.167. The first-order valence-electron chi connectivity index (χ1n) is 7.82. The number of nitriles is 1. The molecule has 0 heterocycles. The molecule has 0 unspecified atom stereocenters. The number of para-hydroxylation sites is 1. The van der Waals surface area contributed by atoms with Gasteiger partial charge in [0.05, 0.1) is 16.5 Å². The molecule has 8 nitrogen and oxygen atoms in total. The summed E-state index contributed by atoms with van der Waals surface area (Å²) < 4.78 is 30.5. The Bertz CT molecular complexity index is 951. The minimum absolute atomic E-state index is 0.00176. The maximum absolute atomic E-state index is 12.3. The third kappa shape index (κ3) is 5.13. The molecule has 2 aromatic carbocycles. The van der Waals surface area contributed by atoms with E-state index in [4.69, 9.17) is 10.00 Å². The van der Waals surface area contributed by atoms with Crippen LogP contribution in [-0.2, 0) is 19.6 Å². The van der Waals surface area contributed by atoms with Crippen LogP contribution in [0.3, 0.4) is 0 Å². The largest absolute Gasteiger partial charge is 0.452 e. The van der Waals surface area contributed by atoms with Crippen LogP contribution < -0.4 is 9.62 Å². The average Bonchev–Trinajstić information content (AvgIpc) is 2.70. The van der Waals surface area contributed by atoms with Crippen molar-refractivity contribution in [3.8, 4) is 6.07 Å². The van der Waals surface area contributed by atoms with Crippen LogP contribution >= 0.6 is 0 Å². The number of anilines is 1. The van der Waals surface area contributed by atoms with Gasteiger partial charge < -0.3 is 4.74 Å². The van der Waals surface area contributed by atoms with Gasteiger partial charge in [-0.25, -0.2) is 17.9 Å². The molecule has 27 heavy (non-hydrogen) atoms. The summed E-state index contributed by atoms with van der Waals surface area (Å²) in [4.78, 5) is 25.6. The van der Waals surface area contributed by atoms with E-state index in [1.807, 2.05) is 6.07 Å². The topological polar surface area (TPSA) is 117 Å². The molecule has 140 valence electrons. The van der Waals surface area contributed by atoms with Crippen LogP contribution in [0.5, 0.6) is 0 Å². The van der Waals surface area contributed by atoms with Crippen LogP contribution in [0.2, 0.25) is 0 Å². The van der Waals surface area contributed by atoms with Crippen LogP contribution in [0.1, 0.15) is 10.4 Å². The van der Waals surface area contributed by atoms with Gasteiger partial charge >= 0.3 is 5.97 Å². The molecule has 0 atom stereocenters. The molecule has 0 spiro atoms. The number of hydrogen-bond donors (Lipinski definition) is 1. The van der Waals surface area contributed by atoms with Gasteiger partial charge in [-0.2, -0.15) is 5.26 Å². The molecular formula is C18H17N3O5S. The molecular weight excluding hydrogens is 370 g/mol. The second-order valence-corrected chi connectivity index (χ2v) is 7.17. The number of nitrogens with one attached hydrogen (secondary N) is 1. The molecule has 0 fully saturated rings. The second-order valence-electron chi connectivity index (χ2n) is 5.28. The van der Waals surface area contributed by atoms with Crippen molar-refractivity contribution in [1.82, 2.24) is 4.72 Å². The standard InChI is InChI=1S/C18H17N3O5S/c1-20-27(24,25)16-9-7-14(8-10-16)18(23)26-13-17(22)21(12-11-19)15-5-3-2-4-6-15/h2-10,20H,12-13H2,1H3. The number of hydrogen-bond acceptors (Lipinski definition) is 6. The van der Waals surface area contributed by atoms with Crippen molar-refractivity contribution in [2.45, 2.75) is 4.90 Å². The number of benzene rings is 2. The summed E-state index contributed by atoms with van der Waals surface area (Å²) in [5, 5.41) is 8.91. The summed E-state index contributed by atoms with van der Waals surface area (Å²) in [6.45, 7) is -0.733. The molecule has 1 N–H and O–H groups in total. The van der Waals surface area contributed by atoms with Crippen molar-refractivity contribution in [1.29, 1.82) is 5.26 Å². The molecule has 0 aliphatic heterocycles. The number of esters is 1. The van der Waals surface area contributed by atoms with E-state index in [1.165, 1.54) is 36.2 Å². The fourth-order valence-corrected chi connectivity index (χ4v) is 2.91. The van der Waals surface area contributed by atoms with Gasteiger partial charge in [-0.15, -0.1) is 0 Å². The number of carbonyl (C=O) groups is 2. The third-order valence-corrected chi connectivity index (χ3v) is 5.02. The van der Waals surface area contributed by atoms with E-state index < -0.39 is 28.5 Å². The van der Waals surface area contributed by atoms with Crippen LogP contribution in [0.25, 0.3) is 0 Å². The highest BCUT2D eigenvalue weighted by Crippen LogP contribution is 2.14.